The average molecular weight is 270 g/mol. The number of aliphatic hydroxyl groups excluding tert-OH is 1. The van der Waals surface area contributed by atoms with Crippen LogP contribution in [0.1, 0.15) is 35.1 Å². The fourth-order valence-electron chi connectivity index (χ4n) is 2.08. The topological polar surface area (TPSA) is 78.4 Å². The molecule has 7 heteroatoms. The van der Waals surface area contributed by atoms with Gasteiger partial charge in [-0.1, -0.05) is 18.3 Å². The summed E-state index contributed by atoms with van der Waals surface area (Å²) >= 11 is 1.12. The third-order valence-corrected chi connectivity index (χ3v) is 3.95. The van der Waals surface area contributed by atoms with E-state index >= 15 is 0 Å². The van der Waals surface area contributed by atoms with Gasteiger partial charge < -0.3 is 15.3 Å². The summed E-state index contributed by atoms with van der Waals surface area (Å²) in [6.45, 7) is 5.12. The quantitative estimate of drug-likeness (QED) is 0.812. The van der Waals surface area contributed by atoms with E-state index in [4.69, 9.17) is 0 Å². The number of carbonyl (C=O) groups excluding carboxylic acids is 1. The van der Waals surface area contributed by atoms with Crippen LogP contribution in [-0.2, 0) is 0 Å². The van der Waals surface area contributed by atoms with Crippen molar-refractivity contribution >= 4 is 17.4 Å². The maximum absolute atomic E-state index is 12.4. The molecule has 1 aromatic heterocycles. The summed E-state index contributed by atoms with van der Waals surface area (Å²) in [6.07, 6.45) is -0.512. The van der Waals surface area contributed by atoms with E-state index in [2.05, 4.69) is 14.9 Å². The minimum atomic E-state index is -0.512. The molecule has 1 amide bonds. The molecular weight excluding hydrogens is 252 g/mol. The average Bonchev–Trinajstić information content (AvgIpc) is 2.95. The number of amides is 1. The third kappa shape index (κ3) is 2.38. The summed E-state index contributed by atoms with van der Waals surface area (Å²) in [4.78, 5) is 14.5. The van der Waals surface area contributed by atoms with Crippen molar-refractivity contribution in [3.8, 4) is 0 Å². The Kier molecular flexibility index (Phi) is 3.94. The fourth-order valence-corrected chi connectivity index (χ4v) is 2.88. The molecule has 0 bridgehead atoms. The Morgan fingerprint density at radius 3 is 2.83 bits per heavy atom. The van der Waals surface area contributed by atoms with Crippen LogP contribution < -0.4 is 5.32 Å². The van der Waals surface area contributed by atoms with Gasteiger partial charge in [-0.25, -0.2) is 0 Å². The summed E-state index contributed by atoms with van der Waals surface area (Å²) < 4.78 is 3.86. The first-order valence-electron chi connectivity index (χ1n) is 6.00. The van der Waals surface area contributed by atoms with Gasteiger partial charge in [0.25, 0.3) is 5.91 Å². The summed E-state index contributed by atoms with van der Waals surface area (Å²) in [5.74, 6) is 0.0594. The molecule has 6 nitrogen and oxygen atoms in total. The zero-order chi connectivity index (χ0) is 13.3. The number of nitrogens with zero attached hydrogens (tertiary/aromatic N) is 3. The predicted molar refractivity (Wildman–Crippen MR) is 68.8 cm³/mol. The second-order valence-corrected chi connectivity index (χ2v) is 5.61. The number of likely N-dealkylation sites (N-methyl/N-ethyl adjacent to an activating group) is 1. The molecule has 100 valence electrons. The minimum Gasteiger partial charge on any atom is -0.390 e. The zero-order valence-electron chi connectivity index (χ0n) is 10.8. The van der Waals surface area contributed by atoms with Gasteiger partial charge in [-0.05, 0) is 17.5 Å². The number of β-amino-alcohol motifs (C(OH)–C–C–N with tert-alkyl or cyclic N) is 1. The number of hydrogen-bond acceptors (Lipinski definition) is 6. The largest absolute Gasteiger partial charge is 0.390 e. The van der Waals surface area contributed by atoms with Crippen LogP contribution >= 0.6 is 11.5 Å². The molecule has 1 aromatic rings. The molecule has 2 N–H and O–H groups in total. The summed E-state index contributed by atoms with van der Waals surface area (Å²) in [5, 5.41) is 16.9. The van der Waals surface area contributed by atoms with Crippen molar-refractivity contribution in [2.75, 3.05) is 20.1 Å². The molecule has 0 spiro atoms. The zero-order valence-corrected chi connectivity index (χ0v) is 11.6. The van der Waals surface area contributed by atoms with E-state index in [1.807, 2.05) is 13.8 Å². The fraction of sp³-hybridized carbons (Fsp3) is 0.727. The van der Waals surface area contributed by atoms with E-state index in [1.165, 1.54) is 0 Å². The highest BCUT2D eigenvalue weighted by molar-refractivity contribution is 7.08. The van der Waals surface area contributed by atoms with E-state index in [1.54, 1.807) is 11.9 Å². The van der Waals surface area contributed by atoms with Gasteiger partial charge in [-0.15, -0.1) is 5.10 Å². The third-order valence-electron chi connectivity index (χ3n) is 3.22. The summed E-state index contributed by atoms with van der Waals surface area (Å²) in [5.41, 5.74) is 0.734. The van der Waals surface area contributed by atoms with Crippen LogP contribution in [0.5, 0.6) is 0 Å². The van der Waals surface area contributed by atoms with E-state index in [0.29, 0.717) is 18.0 Å². The Bertz CT molecular complexity index is 434. The Labute approximate surface area is 110 Å². The first-order valence-corrected chi connectivity index (χ1v) is 6.78. The second kappa shape index (κ2) is 5.29. The summed E-state index contributed by atoms with van der Waals surface area (Å²) in [6, 6.07) is -0.181. The highest BCUT2D eigenvalue weighted by Gasteiger charge is 2.33. The lowest BCUT2D eigenvalue weighted by molar-refractivity contribution is 0.0584. The lowest BCUT2D eigenvalue weighted by atomic mass is 10.1. The number of aromatic nitrogens is 2. The van der Waals surface area contributed by atoms with Gasteiger partial charge in [0.15, 0.2) is 0 Å². The monoisotopic (exact) mass is 270 g/mol. The standard InChI is InChI=1S/C11H18N4O2S/c1-6(2)9-10(18-14-13-9)11(17)15(3)7-4-12-5-8(7)16/h6-8,12,16H,4-5H2,1-3H3/t7-,8-/m0/s1. The van der Waals surface area contributed by atoms with E-state index in [9.17, 15) is 9.90 Å². The molecule has 2 atom stereocenters. The maximum Gasteiger partial charge on any atom is 0.267 e. The number of rotatable bonds is 3. The van der Waals surface area contributed by atoms with Gasteiger partial charge in [-0.2, -0.15) is 0 Å². The van der Waals surface area contributed by atoms with E-state index in [0.717, 1.165) is 17.2 Å². The first kappa shape index (κ1) is 13.4. The molecule has 2 rings (SSSR count). The Morgan fingerprint density at radius 1 is 1.56 bits per heavy atom. The number of hydrogen-bond donors (Lipinski definition) is 2. The van der Waals surface area contributed by atoms with Crippen molar-refractivity contribution in [3.63, 3.8) is 0 Å². The molecule has 1 aliphatic heterocycles. The number of carbonyl (C=O) groups is 1. The SMILES string of the molecule is CC(C)c1nnsc1C(=O)N(C)[C@H]1CNC[C@@H]1O. The van der Waals surface area contributed by atoms with E-state index < -0.39 is 6.10 Å². The van der Waals surface area contributed by atoms with Crippen LogP contribution in [-0.4, -0.2) is 57.8 Å². The van der Waals surface area contributed by atoms with Crippen molar-refractivity contribution in [2.24, 2.45) is 0 Å². The Balaban J connectivity index is 2.17. The van der Waals surface area contributed by atoms with Crippen molar-refractivity contribution in [1.82, 2.24) is 19.8 Å². The lowest BCUT2D eigenvalue weighted by Gasteiger charge is -2.26. The highest BCUT2D eigenvalue weighted by Crippen LogP contribution is 2.22. The van der Waals surface area contributed by atoms with Crippen LogP contribution in [0.25, 0.3) is 0 Å². The molecule has 1 fully saturated rings. The molecule has 18 heavy (non-hydrogen) atoms. The van der Waals surface area contributed by atoms with Gasteiger partial charge in [0.2, 0.25) is 0 Å². The van der Waals surface area contributed by atoms with Crippen LogP contribution in [0.3, 0.4) is 0 Å². The predicted octanol–water partition coefficient (Wildman–Crippen LogP) is 0.0662. The molecule has 0 aliphatic carbocycles. The van der Waals surface area contributed by atoms with Gasteiger partial charge in [0, 0.05) is 20.1 Å². The second-order valence-electron chi connectivity index (χ2n) is 4.85. The molecule has 1 aliphatic rings. The van der Waals surface area contributed by atoms with Gasteiger partial charge in [0.05, 0.1) is 17.8 Å². The van der Waals surface area contributed by atoms with Crippen molar-refractivity contribution in [2.45, 2.75) is 31.9 Å². The highest BCUT2D eigenvalue weighted by atomic mass is 32.1. The molecule has 0 radical (unpaired) electrons. The normalized spacial score (nSPS) is 23.6. The molecule has 0 aromatic carbocycles. The van der Waals surface area contributed by atoms with Crippen molar-refractivity contribution in [3.05, 3.63) is 10.6 Å². The maximum atomic E-state index is 12.4. The molecule has 0 saturated carbocycles. The molecule has 0 unspecified atom stereocenters. The Hall–Kier alpha value is -1.05. The lowest BCUT2D eigenvalue weighted by Crippen LogP contribution is -2.44. The summed E-state index contributed by atoms with van der Waals surface area (Å²) in [7, 11) is 1.72. The minimum absolute atomic E-state index is 0.110. The Morgan fingerprint density at radius 2 is 2.28 bits per heavy atom. The van der Waals surface area contributed by atoms with Crippen molar-refractivity contribution < 1.29 is 9.90 Å². The van der Waals surface area contributed by atoms with Crippen molar-refractivity contribution in [1.29, 1.82) is 0 Å². The van der Waals surface area contributed by atoms with Crippen LogP contribution in [0.15, 0.2) is 0 Å². The van der Waals surface area contributed by atoms with Crippen LogP contribution in [0.4, 0.5) is 0 Å². The smallest absolute Gasteiger partial charge is 0.267 e. The number of nitrogens with one attached hydrogen (secondary N) is 1. The van der Waals surface area contributed by atoms with Crippen LogP contribution in [0.2, 0.25) is 0 Å². The molecule has 1 saturated heterocycles. The van der Waals surface area contributed by atoms with Gasteiger partial charge >= 0.3 is 0 Å². The van der Waals surface area contributed by atoms with E-state index in [-0.39, 0.29) is 17.9 Å². The first-order chi connectivity index (χ1) is 8.52. The number of aliphatic hydroxyl groups is 1. The molecular formula is C11H18N4O2S. The van der Waals surface area contributed by atoms with Crippen LogP contribution in [0, 0.1) is 0 Å². The molecule has 2 heterocycles. The van der Waals surface area contributed by atoms with Gasteiger partial charge in [-0.3, -0.25) is 4.79 Å². The van der Waals surface area contributed by atoms with Gasteiger partial charge in [0.1, 0.15) is 4.88 Å².